The number of carbonyl (C=O) groups excluding carboxylic acids is 1. The smallest absolute Gasteiger partial charge is 0.323 e. The first-order valence-corrected chi connectivity index (χ1v) is 11.2. The summed E-state index contributed by atoms with van der Waals surface area (Å²) in [6.07, 6.45) is 4.00. The highest BCUT2D eigenvalue weighted by molar-refractivity contribution is 7.91. The molecule has 152 valence electrons. The molecule has 1 atom stereocenters. The molecular formula is C20H27N3O4S. The number of benzene rings is 1. The van der Waals surface area contributed by atoms with Gasteiger partial charge in [-0.3, -0.25) is 9.69 Å². The van der Waals surface area contributed by atoms with Gasteiger partial charge in [0.05, 0.1) is 24.8 Å². The maximum absolute atomic E-state index is 12.5. The number of carbonyl (C=O) groups is 1. The van der Waals surface area contributed by atoms with Crippen LogP contribution >= 0.6 is 0 Å². The van der Waals surface area contributed by atoms with E-state index in [1.54, 1.807) is 17.7 Å². The van der Waals surface area contributed by atoms with Gasteiger partial charge in [0.15, 0.2) is 0 Å². The molecule has 1 aliphatic heterocycles. The minimum absolute atomic E-state index is 0.00326. The second-order valence-corrected chi connectivity index (χ2v) is 9.15. The lowest BCUT2D eigenvalue weighted by atomic mass is 10.1. The molecule has 0 saturated carbocycles. The predicted octanol–water partition coefficient (Wildman–Crippen LogP) is 2.06. The van der Waals surface area contributed by atoms with Crippen LogP contribution in [0, 0.1) is 0 Å². The fourth-order valence-corrected chi connectivity index (χ4v) is 4.66. The van der Waals surface area contributed by atoms with Crippen molar-refractivity contribution in [3.8, 4) is 0 Å². The number of sulfone groups is 1. The van der Waals surface area contributed by atoms with Gasteiger partial charge >= 0.3 is 5.97 Å². The van der Waals surface area contributed by atoms with E-state index in [9.17, 15) is 13.2 Å². The standard InChI is InChI=1S/C20H27N3O4S/c1-3-28(25,26)20-21-14-17(15-22-12-7-10-18(22)19(24)27-2)23(20)13-11-16-8-5-4-6-9-16/h4-6,8-9,14,18H,3,7,10-13,15H2,1-2H3/t18-/m0/s1. The first-order chi connectivity index (χ1) is 13.5. The van der Waals surface area contributed by atoms with Crippen LogP contribution < -0.4 is 0 Å². The normalized spacial score (nSPS) is 17.7. The van der Waals surface area contributed by atoms with Crippen LogP contribution in [-0.4, -0.2) is 54.3 Å². The zero-order chi connectivity index (χ0) is 20.1. The van der Waals surface area contributed by atoms with Crippen molar-refractivity contribution in [1.29, 1.82) is 0 Å². The molecule has 0 aliphatic carbocycles. The molecule has 1 aromatic carbocycles. The molecule has 1 aliphatic rings. The molecule has 0 radical (unpaired) electrons. The van der Waals surface area contributed by atoms with E-state index >= 15 is 0 Å². The number of likely N-dealkylation sites (tertiary alicyclic amines) is 1. The Labute approximate surface area is 166 Å². The Hall–Kier alpha value is -2.19. The molecule has 0 unspecified atom stereocenters. The van der Waals surface area contributed by atoms with E-state index in [0.717, 1.165) is 30.6 Å². The number of esters is 1. The van der Waals surface area contributed by atoms with E-state index < -0.39 is 9.84 Å². The largest absolute Gasteiger partial charge is 0.468 e. The fraction of sp³-hybridized carbons (Fsp3) is 0.500. The van der Waals surface area contributed by atoms with Crippen LogP contribution in [0.5, 0.6) is 0 Å². The Balaban J connectivity index is 1.87. The number of hydrogen-bond donors (Lipinski definition) is 0. The number of aryl methyl sites for hydroxylation is 1. The number of rotatable bonds is 8. The Morgan fingerprint density at radius 2 is 2.04 bits per heavy atom. The van der Waals surface area contributed by atoms with Crippen LogP contribution in [0.25, 0.3) is 0 Å². The highest BCUT2D eigenvalue weighted by atomic mass is 32.2. The Morgan fingerprint density at radius 3 is 2.71 bits per heavy atom. The van der Waals surface area contributed by atoms with Gasteiger partial charge in [0.1, 0.15) is 6.04 Å². The number of nitrogens with zero attached hydrogens (tertiary/aromatic N) is 3. The topological polar surface area (TPSA) is 81.5 Å². The summed E-state index contributed by atoms with van der Waals surface area (Å²) >= 11 is 0. The maximum Gasteiger partial charge on any atom is 0.323 e. The zero-order valence-corrected chi connectivity index (χ0v) is 17.2. The first-order valence-electron chi connectivity index (χ1n) is 9.59. The molecule has 0 N–H and O–H groups in total. The molecule has 1 aromatic heterocycles. The van der Waals surface area contributed by atoms with Crippen molar-refractivity contribution in [1.82, 2.24) is 14.5 Å². The average molecular weight is 406 g/mol. The Bertz CT molecular complexity index is 909. The lowest BCUT2D eigenvalue weighted by Crippen LogP contribution is -2.37. The summed E-state index contributed by atoms with van der Waals surface area (Å²) < 4.78 is 31.8. The monoisotopic (exact) mass is 405 g/mol. The quantitative estimate of drug-likeness (QED) is 0.626. The highest BCUT2D eigenvalue weighted by Crippen LogP contribution is 2.23. The molecule has 1 fully saturated rings. The van der Waals surface area contributed by atoms with Gasteiger partial charge in [-0.2, -0.15) is 0 Å². The third-order valence-electron chi connectivity index (χ3n) is 5.23. The van der Waals surface area contributed by atoms with Crippen LogP contribution in [0.1, 0.15) is 31.0 Å². The molecule has 2 aromatic rings. The molecule has 3 rings (SSSR count). The average Bonchev–Trinajstić information content (AvgIpc) is 3.34. The van der Waals surface area contributed by atoms with Crippen molar-refractivity contribution in [3.05, 3.63) is 47.8 Å². The Kier molecular flexibility index (Phi) is 6.51. The summed E-state index contributed by atoms with van der Waals surface area (Å²) in [5.74, 6) is -0.238. The maximum atomic E-state index is 12.5. The second-order valence-electron chi connectivity index (χ2n) is 6.97. The number of ether oxygens (including phenoxy) is 1. The molecule has 0 spiro atoms. The van der Waals surface area contributed by atoms with Gasteiger partial charge in [0, 0.05) is 13.1 Å². The summed E-state index contributed by atoms with van der Waals surface area (Å²) in [5, 5.41) is 0.106. The van der Waals surface area contributed by atoms with Crippen LogP contribution in [0.2, 0.25) is 0 Å². The molecule has 28 heavy (non-hydrogen) atoms. The minimum atomic E-state index is -3.44. The number of hydrogen-bond acceptors (Lipinski definition) is 6. The summed E-state index contributed by atoms with van der Waals surface area (Å²) in [4.78, 5) is 18.3. The fourth-order valence-electron chi connectivity index (χ4n) is 3.65. The molecule has 8 heteroatoms. The van der Waals surface area contributed by atoms with Gasteiger partial charge in [0.2, 0.25) is 15.0 Å². The van der Waals surface area contributed by atoms with Crippen molar-refractivity contribution in [2.75, 3.05) is 19.4 Å². The summed E-state index contributed by atoms with van der Waals surface area (Å²) in [5.41, 5.74) is 1.94. The lowest BCUT2D eigenvalue weighted by Gasteiger charge is -2.23. The Morgan fingerprint density at radius 1 is 1.29 bits per heavy atom. The van der Waals surface area contributed by atoms with Crippen molar-refractivity contribution in [2.45, 2.75) is 50.5 Å². The van der Waals surface area contributed by atoms with Gasteiger partial charge in [-0.25, -0.2) is 13.4 Å². The SMILES string of the molecule is CCS(=O)(=O)c1ncc(CN2CCC[C@H]2C(=O)OC)n1CCc1ccccc1. The number of imidazole rings is 1. The minimum Gasteiger partial charge on any atom is -0.468 e. The van der Waals surface area contributed by atoms with E-state index in [0.29, 0.717) is 19.5 Å². The van der Waals surface area contributed by atoms with Gasteiger partial charge < -0.3 is 9.30 Å². The van der Waals surface area contributed by atoms with Crippen LogP contribution in [0.15, 0.2) is 41.7 Å². The van der Waals surface area contributed by atoms with Gasteiger partial charge in [-0.15, -0.1) is 0 Å². The number of aromatic nitrogens is 2. The molecule has 7 nitrogen and oxygen atoms in total. The van der Waals surface area contributed by atoms with Crippen molar-refractivity contribution in [3.63, 3.8) is 0 Å². The van der Waals surface area contributed by atoms with E-state index in [1.165, 1.54) is 7.11 Å². The second kappa shape index (κ2) is 8.87. The predicted molar refractivity (Wildman–Crippen MR) is 106 cm³/mol. The van der Waals surface area contributed by atoms with Gasteiger partial charge in [0.25, 0.3) is 0 Å². The summed E-state index contributed by atoms with van der Waals surface area (Å²) in [7, 11) is -2.04. The van der Waals surface area contributed by atoms with Crippen molar-refractivity contribution < 1.29 is 17.9 Å². The van der Waals surface area contributed by atoms with E-state index in [4.69, 9.17) is 4.74 Å². The molecule has 0 bridgehead atoms. The number of methoxy groups -OCH3 is 1. The summed E-state index contributed by atoms with van der Waals surface area (Å²) in [6.45, 7) is 3.39. The summed E-state index contributed by atoms with van der Waals surface area (Å²) in [6, 6.07) is 9.67. The zero-order valence-electron chi connectivity index (χ0n) is 16.4. The van der Waals surface area contributed by atoms with Gasteiger partial charge in [-0.05, 0) is 31.4 Å². The van der Waals surface area contributed by atoms with Gasteiger partial charge in [-0.1, -0.05) is 37.3 Å². The van der Waals surface area contributed by atoms with E-state index in [-0.39, 0.29) is 22.9 Å². The third-order valence-corrected chi connectivity index (χ3v) is 6.87. The molecule has 0 amide bonds. The van der Waals surface area contributed by atoms with Crippen LogP contribution in [-0.2, 0) is 38.9 Å². The van der Waals surface area contributed by atoms with E-state index in [2.05, 4.69) is 4.98 Å². The molecule has 1 saturated heterocycles. The molecular weight excluding hydrogens is 378 g/mol. The molecule has 2 heterocycles. The highest BCUT2D eigenvalue weighted by Gasteiger charge is 2.32. The van der Waals surface area contributed by atoms with Crippen molar-refractivity contribution in [2.24, 2.45) is 0 Å². The van der Waals surface area contributed by atoms with Crippen molar-refractivity contribution >= 4 is 15.8 Å². The first kappa shape index (κ1) is 20.5. The van der Waals surface area contributed by atoms with E-state index in [1.807, 2.05) is 35.2 Å². The third kappa shape index (κ3) is 4.44. The lowest BCUT2D eigenvalue weighted by molar-refractivity contribution is -0.146. The van der Waals surface area contributed by atoms with Crippen LogP contribution in [0.3, 0.4) is 0 Å². The van der Waals surface area contributed by atoms with Crippen LogP contribution in [0.4, 0.5) is 0 Å².